The fraction of sp³-hybridized carbons (Fsp3) is 0.538. The summed E-state index contributed by atoms with van der Waals surface area (Å²) >= 11 is 0. The average molecular weight is 236 g/mol. The normalized spacial score (nSPS) is 26.4. The molecule has 3 heteroatoms. The molecule has 0 N–H and O–H groups in total. The Balaban J connectivity index is 2.26. The zero-order valence-corrected chi connectivity index (χ0v) is 11.6. The van der Waals surface area contributed by atoms with E-state index in [0.29, 0.717) is 0 Å². The van der Waals surface area contributed by atoms with Gasteiger partial charge in [-0.05, 0) is 31.7 Å². The average Bonchev–Trinajstić information content (AvgIpc) is 2.31. The Bertz CT molecular complexity index is 323. The molecule has 1 aromatic rings. The maximum Gasteiger partial charge on any atom is 0.199 e. The van der Waals surface area contributed by atoms with Crippen molar-refractivity contribution in [3.8, 4) is 0 Å². The van der Waals surface area contributed by atoms with Crippen molar-refractivity contribution in [1.82, 2.24) is 0 Å². The van der Waals surface area contributed by atoms with Gasteiger partial charge in [-0.3, -0.25) is 0 Å². The third-order valence-electron chi connectivity index (χ3n) is 3.31. The topological polar surface area (TPSA) is 18.5 Å². The summed E-state index contributed by atoms with van der Waals surface area (Å²) in [5, 5.41) is -0.0688. The fourth-order valence-corrected chi connectivity index (χ4v) is 3.86. The predicted octanol–water partition coefficient (Wildman–Crippen LogP) is 2.08. The van der Waals surface area contributed by atoms with Gasteiger partial charge in [0.2, 0.25) is 0 Å². The lowest BCUT2D eigenvalue weighted by Gasteiger charge is -2.37. The van der Waals surface area contributed by atoms with E-state index >= 15 is 0 Å². The van der Waals surface area contributed by atoms with Gasteiger partial charge in [-0.2, -0.15) is 0 Å². The Kier molecular flexibility index (Phi) is 3.79. The van der Waals surface area contributed by atoms with Gasteiger partial charge in [0, 0.05) is 13.7 Å². The number of hydrogen-bond donors (Lipinski definition) is 0. The standard InChI is InChI=1S/C13H20O2Si/c1-11-5-7-12(8-6-11)13(16-14-2)9-3-4-10-15-13/h5-8H,3-4,9-10,16H2,1-2H3. The van der Waals surface area contributed by atoms with E-state index in [2.05, 4.69) is 31.2 Å². The first kappa shape index (κ1) is 11.8. The molecule has 1 atom stereocenters. The Morgan fingerprint density at radius 2 is 2.00 bits per heavy atom. The summed E-state index contributed by atoms with van der Waals surface area (Å²) in [6.45, 7) is 3.00. The van der Waals surface area contributed by atoms with Crippen LogP contribution in [0.15, 0.2) is 24.3 Å². The lowest BCUT2D eigenvalue weighted by molar-refractivity contribution is -0.0320. The number of rotatable bonds is 3. The molecule has 0 saturated carbocycles. The highest BCUT2D eigenvalue weighted by molar-refractivity contribution is 6.31. The molecule has 16 heavy (non-hydrogen) atoms. The molecule has 1 saturated heterocycles. The van der Waals surface area contributed by atoms with Crippen LogP contribution in [-0.2, 0) is 14.4 Å². The lowest BCUT2D eigenvalue weighted by atomic mass is 9.99. The van der Waals surface area contributed by atoms with E-state index in [0.717, 1.165) is 13.0 Å². The van der Waals surface area contributed by atoms with E-state index in [-0.39, 0.29) is 5.22 Å². The van der Waals surface area contributed by atoms with E-state index in [1.165, 1.54) is 24.0 Å². The van der Waals surface area contributed by atoms with Crippen molar-refractivity contribution in [2.24, 2.45) is 0 Å². The second-order valence-corrected chi connectivity index (χ2v) is 6.61. The second-order valence-electron chi connectivity index (χ2n) is 4.60. The summed E-state index contributed by atoms with van der Waals surface area (Å²) in [6.07, 6.45) is 3.56. The molecular formula is C13H20O2Si. The maximum atomic E-state index is 6.07. The largest absolute Gasteiger partial charge is 0.424 e. The molecule has 1 fully saturated rings. The van der Waals surface area contributed by atoms with Crippen LogP contribution in [0.5, 0.6) is 0 Å². The van der Waals surface area contributed by atoms with Crippen LogP contribution in [0.2, 0.25) is 0 Å². The number of ether oxygens (including phenoxy) is 1. The first-order valence-corrected chi connectivity index (χ1v) is 7.25. The minimum atomic E-state index is -0.664. The Morgan fingerprint density at radius 1 is 1.25 bits per heavy atom. The van der Waals surface area contributed by atoms with Gasteiger partial charge >= 0.3 is 0 Å². The number of hydrogen-bond acceptors (Lipinski definition) is 2. The Labute approximate surface area is 99.9 Å². The van der Waals surface area contributed by atoms with Gasteiger partial charge < -0.3 is 9.16 Å². The van der Waals surface area contributed by atoms with Crippen LogP contribution in [0.4, 0.5) is 0 Å². The molecule has 0 aromatic heterocycles. The van der Waals surface area contributed by atoms with E-state index in [9.17, 15) is 0 Å². The third kappa shape index (κ3) is 2.37. The smallest absolute Gasteiger partial charge is 0.199 e. The van der Waals surface area contributed by atoms with Gasteiger partial charge in [0.15, 0.2) is 9.76 Å². The van der Waals surface area contributed by atoms with Crippen molar-refractivity contribution in [1.29, 1.82) is 0 Å². The lowest BCUT2D eigenvalue weighted by Crippen LogP contribution is -2.40. The van der Waals surface area contributed by atoms with Gasteiger partial charge in [-0.25, -0.2) is 0 Å². The van der Waals surface area contributed by atoms with Crippen molar-refractivity contribution < 1.29 is 9.16 Å². The highest BCUT2D eigenvalue weighted by atomic mass is 28.2. The second kappa shape index (κ2) is 5.12. The summed E-state index contributed by atoms with van der Waals surface area (Å²) in [4.78, 5) is 0. The predicted molar refractivity (Wildman–Crippen MR) is 68.2 cm³/mol. The van der Waals surface area contributed by atoms with E-state index in [1.807, 2.05) is 0 Å². The molecule has 1 aliphatic heterocycles. The van der Waals surface area contributed by atoms with Crippen LogP contribution < -0.4 is 0 Å². The van der Waals surface area contributed by atoms with Crippen LogP contribution in [0.25, 0.3) is 0 Å². The van der Waals surface area contributed by atoms with Crippen molar-refractivity contribution in [3.05, 3.63) is 35.4 Å². The van der Waals surface area contributed by atoms with Gasteiger partial charge in [0.05, 0.1) is 0 Å². The zero-order chi connectivity index (χ0) is 11.4. The SMILES string of the molecule is CO[SiH2]C1(c2ccc(C)cc2)CCCCO1. The first-order chi connectivity index (χ1) is 7.77. The van der Waals surface area contributed by atoms with E-state index in [1.54, 1.807) is 7.11 Å². The molecule has 1 unspecified atom stereocenters. The number of aryl methyl sites for hydroxylation is 1. The van der Waals surface area contributed by atoms with Crippen molar-refractivity contribution in [2.45, 2.75) is 31.4 Å². The molecular weight excluding hydrogens is 216 g/mol. The summed E-state index contributed by atoms with van der Waals surface area (Å²) in [5.74, 6) is 0. The molecule has 1 aromatic carbocycles. The molecule has 1 heterocycles. The molecule has 0 bridgehead atoms. The fourth-order valence-electron chi connectivity index (χ4n) is 2.37. The molecule has 0 aliphatic carbocycles. The van der Waals surface area contributed by atoms with Crippen molar-refractivity contribution in [2.75, 3.05) is 13.7 Å². The quantitative estimate of drug-likeness (QED) is 0.748. The molecule has 88 valence electrons. The van der Waals surface area contributed by atoms with Gasteiger partial charge in [0.1, 0.15) is 5.22 Å². The van der Waals surface area contributed by atoms with E-state index < -0.39 is 9.76 Å². The molecule has 0 spiro atoms. The van der Waals surface area contributed by atoms with E-state index in [4.69, 9.17) is 9.16 Å². The molecule has 0 amide bonds. The van der Waals surface area contributed by atoms with Crippen molar-refractivity contribution >= 4 is 9.76 Å². The van der Waals surface area contributed by atoms with Crippen molar-refractivity contribution in [3.63, 3.8) is 0 Å². The number of benzene rings is 1. The van der Waals surface area contributed by atoms with Gasteiger partial charge in [0.25, 0.3) is 0 Å². The monoisotopic (exact) mass is 236 g/mol. The summed E-state index contributed by atoms with van der Waals surface area (Å²) in [5.41, 5.74) is 2.61. The Hall–Kier alpha value is -0.643. The minimum Gasteiger partial charge on any atom is -0.424 e. The molecule has 1 aliphatic rings. The molecule has 2 rings (SSSR count). The van der Waals surface area contributed by atoms with Crippen LogP contribution >= 0.6 is 0 Å². The summed E-state index contributed by atoms with van der Waals surface area (Å²) in [6, 6.07) is 8.73. The zero-order valence-electron chi connectivity index (χ0n) is 10.2. The van der Waals surface area contributed by atoms with Crippen LogP contribution in [-0.4, -0.2) is 23.5 Å². The maximum absolute atomic E-state index is 6.07. The van der Waals surface area contributed by atoms with Crippen LogP contribution in [0, 0.1) is 6.92 Å². The summed E-state index contributed by atoms with van der Waals surface area (Å²) < 4.78 is 11.6. The minimum absolute atomic E-state index is 0.0688. The van der Waals surface area contributed by atoms with Gasteiger partial charge in [-0.1, -0.05) is 29.8 Å². The molecule has 2 nitrogen and oxygen atoms in total. The van der Waals surface area contributed by atoms with Crippen LogP contribution in [0.3, 0.4) is 0 Å². The summed E-state index contributed by atoms with van der Waals surface area (Å²) in [7, 11) is 1.14. The van der Waals surface area contributed by atoms with Crippen LogP contribution in [0.1, 0.15) is 30.4 Å². The van der Waals surface area contributed by atoms with Gasteiger partial charge in [-0.15, -0.1) is 0 Å². The third-order valence-corrected chi connectivity index (χ3v) is 5.03. The first-order valence-electron chi connectivity index (χ1n) is 5.97. The molecule has 0 radical (unpaired) electrons. The Morgan fingerprint density at radius 3 is 2.56 bits per heavy atom. The highest BCUT2D eigenvalue weighted by Gasteiger charge is 2.35. The highest BCUT2D eigenvalue weighted by Crippen LogP contribution is 2.34.